The van der Waals surface area contributed by atoms with E-state index in [1.54, 1.807) is 32.0 Å². The summed E-state index contributed by atoms with van der Waals surface area (Å²) in [6.07, 6.45) is 0. The molecular weight excluding hydrogens is 372 g/mol. The van der Waals surface area contributed by atoms with Gasteiger partial charge in [-0.3, -0.25) is 0 Å². The molecule has 0 saturated heterocycles. The van der Waals surface area contributed by atoms with Crippen molar-refractivity contribution in [3.8, 4) is 11.5 Å². The third-order valence-electron chi connectivity index (χ3n) is 3.86. The maximum absolute atomic E-state index is 12.4. The van der Waals surface area contributed by atoms with Gasteiger partial charge in [0.15, 0.2) is 23.2 Å². The number of hydrogen-bond donors (Lipinski definition) is 2. The maximum atomic E-state index is 12.4. The molecule has 1 aromatic rings. The lowest BCUT2D eigenvalue weighted by atomic mass is 9.95. The van der Waals surface area contributed by atoms with Crippen LogP contribution in [0.5, 0.6) is 11.5 Å². The Morgan fingerprint density at radius 1 is 1.22 bits per heavy atom. The second-order valence-corrected chi connectivity index (χ2v) is 5.97. The molecule has 1 aliphatic rings. The average Bonchev–Trinajstić information content (AvgIpc) is 2.65. The molecule has 0 saturated carbocycles. The molecular formula is C18H22N2O6S. The van der Waals surface area contributed by atoms with Gasteiger partial charge in [0.05, 0.1) is 32.4 Å². The lowest BCUT2D eigenvalue weighted by molar-refractivity contribution is -0.143. The Morgan fingerprint density at radius 2 is 1.96 bits per heavy atom. The van der Waals surface area contributed by atoms with Gasteiger partial charge in [0.25, 0.3) is 0 Å². The molecule has 2 rings (SSSR count). The van der Waals surface area contributed by atoms with Gasteiger partial charge in [0, 0.05) is 5.70 Å². The standard InChI is InChI=1S/C18H22N2O6S/c1-5-25-17(22)15-10(2)19-18(27)20-16(15)11-6-7-12(13(8-11)23-3)26-9-14(21)24-4/h6-8,16H,5,9H2,1-4H3,(H2,19,20,27)/t16-/m1/s1. The van der Waals surface area contributed by atoms with Crippen LogP contribution in [0.3, 0.4) is 0 Å². The number of carbonyl (C=O) groups excluding carboxylic acids is 2. The van der Waals surface area contributed by atoms with Crippen molar-refractivity contribution in [3.63, 3.8) is 0 Å². The summed E-state index contributed by atoms with van der Waals surface area (Å²) in [6.45, 7) is 3.52. The third-order valence-corrected chi connectivity index (χ3v) is 4.08. The smallest absolute Gasteiger partial charge is 0.343 e. The van der Waals surface area contributed by atoms with Crippen molar-refractivity contribution < 1.29 is 28.5 Å². The molecule has 1 atom stereocenters. The minimum absolute atomic E-state index is 0.241. The van der Waals surface area contributed by atoms with Crippen molar-refractivity contribution in [1.82, 2.24) is 10.6 Å². The number of esters is 2. The molecule has 1 aliphatic heterocycles. The van der Waals surface area contributed by atoms with Gasteiger partial charge in [0.1, 0.15) is 0 Å². The van der Waals surface area contributed by atoms with Crippen LogP contribution in [0.4, 0.5) is 0 Å². The van der Waals surface area contributed by atoms with Gasteiger partial charge in [0.2, 0.25) is 0 Å². The van der Waals surface area contributed by atoms with Crippen LogP contribution >= 0.6 is 12.2 Å². The summed E-state index contributed by atoms with van der Waals surface area (Å²) < 4.78 is 20.5. The van der Waals surface area contributed by atoms with E-state index in [2.05, 4.69) is 15.4 Å². The molecule has 0 amide bonds. The lowest BCUT2D eigenvalue weighted by Crippen LogP contribution is -2.45. The molecule has 0 aromatic heterocycles. The van der Waals surface area contributed by atoms with Crippen LogP contribution in [0.25, 0.3) is 0 Å². The minimum Gasteiger partial charge on any atom is -0.493 e. The van der Waals surface area contributed by atoms with Crippen molar-refractivity contribution in [2.45, 2.75) is 19.9 Å². The molecule has 0 unspecified atom stereocenters. The first kappa shape index (κ1) is 20.5. The number of methoxy groups -OCH3 is 2. The molecule has 0 bridgehead atoms. The van der Waals surface area contributed by atoms with Crippen LogP contribution in [-0.4, -0.2) is 44.5 Å². The summed E-state index contributed by atoms with van der Waals surface area (Å²) in [5.41, 5.74) is 1.77. The van der Waals surface area contributed by atoms with E-state index in [1.165, 1.54) is 14.2 Å². The van der Waals surface area contributed by atoms with Gasteiger partial charge in [-0.1, -0.05) is 6.07 Å². The first-order valence-corrected chi connectivity index (χ1v) is 8.65. The predicted octanol–water partition coefficient (Wildman–Crippen LogP) is 1.60. The zero-order valence-corrected chi connectivity index (χ0v) is 16.4. The molecule has 0 radical (unpaired) electrons. The number of carbonyl (C=O) groups is 2. The summed E-state index contributed by atoms with van der Waals surface area (Å²) in [6, 6.07) is 4.61. The van der Waals surface area contributed by atoms with Crippen LogP contribution in [0.15, 0.2) is 29.5 Å². The second kappa shape index (κ2) is 9.22. The van der Waals surface area contributed by atoms with E-state index in [-0.39, 0.29) is 13.2 Å². The van der Waals surface area contributed by atoms with Gasteiger partial charge in [-0.05, 0) is 43.8 Å². The quantitative estimate of drug-likeness (QED) is 0.528. The van der Waals surface area contributed by atoms with Crippen LogP contribution in [0.2, 0.25) is 0 Å². The molecule has 1 aromatic carbocycles. The Balaban J connectivity index is 2.36. The van der Waals surface area contributed by atoms with E-state index in [4.69, 9.17) is 26.4 Å². The van der Waals surface area contributed by atoms with E-state index >= 15 is 0 Å². The van der Waals surface area contributed by atoms with Crippen molar-refractivity contribution in [1.29, 1.82) is 0 Å². The fraction of sp³-hybridized carbons (Fsp3) is 0.389. The van der Waals surface area contributed by atoms with Crippen LogP contribution in [-0.2, 0) is 19.1 Å². The minimum atomic E-state index is -0.513. The number of ether oxygens (including phenoxy) is 4. The van der Waals surface area contributed by atoms with Crippen molar-refractivity contribution in [2.24, 2.45) is 0 Å². The Hall–Kier alpha value is -2.81. The van der Waals surface area contributed by atoms with Gasteiger partial charge in [-0.25, -0.2) is 9.59 Å². The fourth-order valence-corrected chi connectivity index (χ4v) is 2.87. The molecule has 0 aliphatic carbocycles. The zero-order chi connectivity index (χ0) is 20.0. The molecule has 8 nitrogen and oxygen atoms in total. The fourth-order valence-electron chi connectivity index (χ4n) is 2.60. The molecule has 146 valence electrons. The first-order chi connectivity index (χ1) is 12.9. The van der Waals surface area contributed by atoms with E-state index in [0.29, 0.717) is 27.9 Å². The summed E-state index contributed by atoms with van der Waals surface area (Å²) in [7, 11) is 2.77. The average molecular weight is 394 g/mol. The van der Waals surface area contributed by atoms with E-state index in [9.17, 15) is 9.59 Å². The molecule has 0 spiro atoms. The third kappa shape index (κ3) is 4.88. The molecule has 0 fully saturated rings. The monoisotopic (exact) mass is 394 g/mol. The SMILES string of the molecule is CCOC(=O)C1=C(C)NC(=S)N[C@@H]1c1ccc(OCC(=O)OC)c(OC)c1. The number of thiocarbonyl (C=S) groups is 1. The van der Waals surface area contributed by atoms with Gasteiger partial charge in [-0.15, -0.1) is 0 Å². The summed E-state index contributed by atoms with van der Waals surface area (Å²) in [5.74, 6) is -0.160. The van der Waals surface area contributed by atoms with Crippen LogP contribution in [0.1, 0.15) is 25.5 Å². The van der Waals surface area contributed by atoms with Gasteiger partial charge < -0.3 is 29.6 Å². The largest absolute Gasteiger partial charge is 0.493 e. The molecule has 2 N–H and O–H groups in total. The number of allylic oxidation sites excluding steroid dienone is 1. The normalized spacial score (nSPS) is 16.1. The molecule has 1 heterocycles. The van der Waals surface area contributed by atoms with Crippen LogP contribution < -0.4 is 20.1 Å². The predicted molar refractivity (Wildman–Crippen MR) is 101 cm³/mol. The molecule has 9 heteroatoms. The number of nitrogens with one attached hydrogen (secondary N) is 2. The van der Waals surface area contributed by atoms with E-state index in [1.807, 2.05) is 0 Å². The highest BCUT2D eigenvalue weighted by Gasteiger charge is 2.31. The van der Waals surface area contributed by atoms with Crippen molar-refractivity contribution in [2.75, 3.05) is 27.4 Å². The van der Waals surface area contributed by atoms with Crippen molar-refractivity contribution >= 4 is 29.3 Å². The number of rotatable bonds is 7. The summed E-state index contributed by atoms with van der Waals surface area (Å²) in [5, 5.41) is 6.41. The first-order valence-electron chi connectivity index (χ1n) is 8.24. The van der Waals surface area contributed by atoms with Gasteiger partial charge >= 0.3 is 11.9 Å². The van der Waals surface area contributed by atoms with Crippen molar-refractivity contribution in [3.05, 3.63) is 35.0 Å². The van der Waals surface area contributed by atoms with Crippen LogP contribution in [0, 0.1) is 0 Å². The maximum Gasteiger partial charge on any atom is 0.343 e. The Kier molecular flexibility index (Phi) is 7.00. The Bertz CT molecular complexity index is 777. The Morgan fingerprint density at radius 3 is 2.59 bits per heavy atom. The number of benzene rings is 1. The summed E-state index contributed by atoms with van der Waals surface area (Å²) >= 11 is 5.22. The van der Waals surface area contributed by atoms with E-state index < -0.39 is 18.0 Å². The number of hydrogen-bond acceptors (Lipinski definition) is 7. The zero-order valence-electron chi connectivity index (χ0n) is 15.6. The lowest BCUT2D eigenvalue weighted by Gasteiger charge is -2.30. The van der Waals surface area contributed by atoms with E-state index in [0.717, 1.165) is 5.56 Å². The second-order valence-electron chi connectivity index (χ2n) is 5.57. The highest BCUT2D eigenvalue weighted by molar-refractivity contribution is 7.80. The highest BCUT2D eigenvalue weighted by atomic mass is 32.1. The highest BCUT2D eigenvalue weighted by Crippen LogP contribution is 2.34. The summed E-state index contributed by atoms with van der Waals surface area (Å²) in [4.78, 5) is 23.7. The van der Waals surface area contributed by atoms with Gasteiger partial charge in [-0.2, -0.15) is 0 Å². The molecule has 27 heavy (non-hydrogen) atoms. The Labute approximate surface area is 162 Å². The topological polar surface area (TPSA) is 95.1 Å².